The molecule has 2 heterocycles. The van der Waals surface area contributed by atoms with Crippen molar-refractivity contribution in [2.45, 2.75) is 38.8 Å². The van der Waals surface area contributed by atoms with Crippen LogP contribution in [0.4, 0.5) is 22.1 Å². The normalized spacial score (nSPS) is 12.0. The van der Waals surface area contributed by atoms with Gasteiger partial charge < -0.3 is 26.8 Å². The molecule has 13 heteroatoms. The maximum absolute atomic E-state index is 13.9. The highest BCUT2D eigenvalue weighted by atomic mass is 35.5. The predicted molar refractivity (Wildman–Crippen MR) is 153 cm³/mol. The Hall–Kier alpha value is -4.73. The molecule has 206 valence electrons. The summed E-state index contributed by atoms with van der Waals surface area (Å²) in [7, 11) is 0. The lowest BCUT2D eigenvalue weighted by Crippen LogP contribution is -2.33. The van der Waals surface area contributed by atoms with Gasteiger partial charge in [0.05, 0.1) is 33.3 Å². The van der Waals surface area contributed by atoms with Crippen molar-refractivity contribution >= 4 is 45.9 Å². The summed E-state index contributed by atoms with van der Waals surface area (Å²) in [6, 6.07) is 12.6. The summed E-state index contributed by atoms with van der Waals surface area (Å²) in [5.41, 5.74) is 5.80. The van der Waals surface area contributed by atoms with Crippen molar-refractivity contribution in [2.75, 3.05) is 22.9 Å². The first-order valence-corrected chi connectivity index (χ1v) is 12.7. The highest BCUT2D eigenvalue weighted by Crippen LogP contribution is 2.26. The Balaban J connectivity index is 1.75. The molecule has 0 fully saturated rings. The van der Waals surface area contributed by atoms with E-state index < -0.39 is 23.2 Å². The van der Waals surface area contributed by atoms with Gasteiger partial charge in [-0.1, -0.05) is 23.7 Å². The Morgan fingerprint density at radius 3 is 2.73 bits per heavy atom. The molecule has 0 bridgehead atoms. The SMILES string of the molecule is C[C@H](Nc1ncnc(N)c1C#N)c1nc2cccc(Cl)c2c(=O)n1-c1cccc(NC(=O)NCCC(C)(C)O)c1. The van der Waals surface area contributed by atoms with Gasteiger partial charge in [-0.25, -0.2) is 19.7 Å². The molecule has 1 atom stereocenters. The molecule has 0 unspecified atom stereocenters. The van der Waals surface area contributed by atoms with Gasteiger partial charge >= 0.3 is 6.03 Å². The lowest BCUT2D eigenvalue weighted by atomic mass is 10.1. The van der Waals surface area contributed by atoms with Crippen LogP contribution < -0.4 is 27.2 Å². The second-order valence-electron chi connectivity index (χ2n) is 9.70. The number of nitrogens with one attached hydrogen (secondary N) is 3. The molecule has 2 amide bonds. The maximum atomic E-state index is 13.9. The number of nitrogens with two attached hydrogens (primary N) is 1. The second-order valence-corrected chi connectivity index (χ2v) is 10.1. The number of hydrogen-bond donors (Lipinski definition) is 5. The van der Waals surface area contributed by atoms with Crippen LogP contribution >= 0.6 is 11.6 Å². The van der Waals surface area contributed by atoms with Gasteiger partial charge in [-0.3, -0.25) is 9.36 Å². The van der Waals surface area contributed by atoms with Gasteiger partial charge in [0.15, 0.2) is 0 Å². The van der Waals surface area contributed by atoms with Crippen molar-refractivity contribution in [3.05, 3.63) is 75.6 Å². The number of aromatic nitrogens is 4. The number of anilines is 3. The lowest BCUT2D eigenvalue weighted by Gasteiger charge is -2.21. The van der Waals surface area contributed by atoms with Crippen LogP contribution in [-0.4, -0.2) is 42.8 Å². The van der Waals surface area contributed by atoms with Crippen molar-refractivity contribution in [1.29, 1.82) is 5.26 Å². The standard InChI is InChI=1S/C27H28ClN9O3/c1-15(34-23-18(13-29)22(30)32-14-33-23)24-36-20-9-5-8-19(28)21(20)25(38)37(24)17-7-4-6-16(12-17)35-26(39)31-11-10-27(2,3)40/h4-9,12,14-15,40H,10-11H2,1-3H3,(H2,31,35,39)(H3,30,32,33,34)/t15-/m0/s1. The highest BCUT2D eigenvalue weighted by molar-refractivity contribution is 6.35. The third-order valence-corrected chi connectivity index (χ3v) is 6.30. The van der Waals surface area contributed by atoms with Crippen molar-refractivity contribution in [1.82, 2.24) is 24.8 Å². The van der Waals surface area contributed by atoms with Crippen LogP contribution in [0.1, 0.15) is 44.6 Å². The van der Waals surface area contributed by atoms with Crippen molar-refractivity contribution < 1.29 is 9.90 Å². The predicted octanol–water partition coefficient (Wildman–Crippen LogP) is 3.74. The van der Waals surface area contributed by atoms with Crippen LogP contribution in [0.25, 0.3) is 16.6 Å². The molecular weight excluding hydrogens is 534 g/mol. The Bertz CT molecular complexity index is 1680. The van der Waals surface area contributed by atoms with Crippen LogP contribution in [0.5, 0.6) is 0 Å². The van der Waals surface area contributed by atoms with Gasteiger partial charge in [-0.2, -0.15) is 5.26 Å². The van der Waals surface area contributed by atoms with Gasteiger partial charge in [0, 0.05) is 12.2 Å². The van der Waals surface area contributed by atoms with Gasteiger partial charge in [0.2, 0.25) is 0 Å². The minimum Gasteiger partial charge on any atom is -0.390 e. The van der Waals surface area contributed by atoms with Crippen LogP contribution in [0.2, 0.25) is 5.02 Å². The Morgan fingerprint density at radius 1 is 1.25 bits per heavy atom. The molecular formula is C27H28ClN9O3. The number of benzene rings is 2. The number of halogens is 1. The van der Waals surface area contributed by atoms with Gasteiger partial charge in [-0.15, -0.1) is 0 Å². The van der Waals surface area contributed by atoms with Crippen molar-refractivity contribution in [3.8, 4) is 11.8 Å². The van der Waals surface area contributed by atoms with E-state index in [1.807, 2.05) is 6.07 Å². The summed E-state index contributed by atoms with van der Waals surface area (Å²) >= 11 is 6.40. The molecule has 0 spiro atoms. The average molecular weight is 562 g/mol. The molecule has 0 saturated heterocycles. The number of aliphatic hydroxyl groups is 1. The second kappa shape index (κ2) is 11.6. The van der Waals surface area contributed by atoms with Crippen molar-refractivity contribution in [3.63, 3.8) is 0 Å². The van der Waals surface area contributed by atoms with E-state index in [-0.39, 0.29) is 34.2 Å². The number of hydrogen-bond acceptors (Lipinski definition) is 9. The zero-order valence-electron chi connectivity index (χ0n) is 22.1. The Kier molecular flexibility index (Phi) is 8.18. The number of nitrogen functional groups attached to an aromatic ring is 1. The quantitative estimate of drug-likeness (QED) is 0.214. The summed E-state index contributed by atoms with van der Waals surface area (Å²) in [5, 5.41) is 28.4. The van der Waals surface area contributed by atoms with E-state index in [2.05, 4.69) is 25.9 Å². The van der Waals surface area contributed by atoms with Crippen LogP contribution in [-0.2, 0) is 0 Å². The van der Waals surface area contributed by atoms with E-state index in [4.69, 9.17) is 22.3 Å². The molecule has 0 aliphatic rings. The minimum absolute atomic E-state index is 0.0162. The number of amides is 2. The van der Waals surface area contributed by atoms with Gasteiger partial charge in [0.25, 0.3) is 5.56 Å². The van der Waals surface area contributed by atoms with E-state index in [0.29, 0.717) is 29.1 Å². The van der Waals surface area contributed by atoms with E-state index in [1.54, 1.807) is 63.2 Å². The molecule has 12 nitrogen and oxygen atoms in total. The molecule has 4 rings (SSSR count). The first kappa shape index (κ1) is 28.3. The molecule has 0 radical (unpaired) electrons. The summed E-state index contributed by atoms with van der Waals surface area (Å²) in [4.78, 5) is 39.0. The fourth-order valence-electron chi connectivity index (χ4n) is 4.02. The van der Waals surface area contributed by atoms with Crippen LogP contribution in [0.15, 0.2) is 53.6 Å². The number of nitrogens with zero attached hydrogens (tertiary/aromatic N) is 5. The lowest BCUT2D eigenvalue weighted by molar-refractivity contribution is 0.0721. The summed E-state index contributed by atoms with van der Waals surface area (Å²) in [6.07, 6.45) is 1.60. The number of carbonyl (C=O) groups excluding carboxylic acids is 1. The zero-order valence-corrected chi connectivity index (χ0v) is 22.8. The smallest absolute Gasteiger partial charge is 0.319 e. The molecule has 40 heavy (non-hydrogen) atoms. The number of urea groups is 1. The zero-order chi connectivity index (χ0) is 29.0. The van der Waals surface area contributed by atoms with Crippen LogP contribution in [0, 0.1) is 11.3 Å². The highest BCUT2D eigenvalue weighted by Gasteiger charge is 2.22. The van der Waals surface area contributed by atoms with E-state index in [9.17, 15) is 20.0 Å². The van der Waals surface area contributed by atoms with Gasteiger partial charge in [-0.05, 0) is 57.5 Å². The van der Waals surface area contributed by atoms with Crippen molar-refractivity contribution in [2.24, 2.45) is 0 Å². The van der Waals surface area contributed by atoms with Crippen LogP contribution in [0.3, 0.4) is 0 Å². The number of rotatable bonds is 8. The fraction of sp³-hybridized carbons (Fsp3) is 0.259. The molecule has 6 N–H and O–H groups in total. The van der Waals surface area contributed by atoms with E-state index >= 15 is 0 Å². The number of carbonyl (C=O) groups is 1. The first-order valence-electron chi connectivity index (χ1n) is 12.3. The molecule has 0 aliphatic carbocycles. The summed E-state index contributed by atoms with van der Waals surface area (Å²) in [5.74, 6) is 0.503. The monoisotopic (exact) mass is 561 g/mol. The summed E-state index contributed by atoms with van der Waals surface area (Å²) in [6.45, 7) is 5.34. The molecule has 4 aromatic rings. The fourth-order valence-corrected chi connectivity index (χ4v) is 4.27. The third-order valence-electron chi connectivity index (χ3n) is 5.99. The largest absolute Gasteiger partial charge is 0.390 e. The number of fused-ring (bicyclic) bond motifs is 1. The molecule has 0 saturated carbocycles. The van der Waals surface area contributed by atoms with E-state index in [0.717, 1.165) is 0 Å². The Morgan fingerprint density at radius 2 is 2.00 bits per heavy atom. The Labute approximate surface area is 234 Å². The average Bonchev–Trinajstić information content (AvgIpc) is 2.88. The first-order chi connectivity index (χ1) is 19.0. The summed E-state index contributed by atoms with van der Waals surface area (Å²) < 4.78 is 1.39. The number of nitriles is 1. The molecule has 0 aliphatic heterocycles. The van der Waals surface area contributed by atoms with E-state index in [1.165, 1.54) is 10.9 Å². The molecule has 2 aromatic carbocycles. The third kappa shape index (κ3) is 6.28. The molecule has 2 aromatic heterocycles. The topological polar surface area (TPSA) is 184 Å². The minimum atomic E-state index is -0.911. The van der Waals surface area contributed by atoms with Gasteiger partial charge in [0.1, 0.15) is 35.4 Å². The maximum Gasteiger partial charge on any atom is 0.319 e.